The van der Waals surface area contributed by atoms with Crippen LogP contribution in [0.25, 0.3) is 22.6 Å². The average molecular weight is 477 g/mol. The average Bonchev–Trinajstić information content (AvgIpc) is 3.23. The molecule has 0 bridgehead atoms. The van der Waals surface area contributed by atoms with Crippen LogP contribution >= 0.6 is 0 Å². The molecule has 5 rings (SSSR count). The lowest BCUT2D eigenvalue weighted by molar-refractivity contribution is 0.0502. The largest absolute Gasteiger partial charge is 0.378 e. The molecule has 13 heteroatoms. The fraction of sp³-hybridized carbons (Fsp3) is 0.318. The summed E-state index contributed by atoms with van der Waals surface area (Å²) in [5.74, 6) is 6.74. The van der Waals surface area contributed by atoms with E-state index in [1.54, 1.807) is 12.4 Å². The third kappa shape index (κ3) is 4.46. The van der Waals surface area contributed by atoms with Crippen LogP contribution in [0, 0.1) is 0 Å². The zero-order chi connectivity index (χ0) is 24.4. The summed E-state index contributed by atoms with van der Waals surface area (Å²) in [5.41, 5.74) is 2.42. The summed E-state index contributed by atoms with van der Waals surface area (Å²) in [5, 5.41) is 0. The maximum atomic E-state index is 11.5. The van der Waals surface area contributed by atoms with Crippen LogP contribution in [0.4, 0.5) is 11.8 Å². The molecule has 0 unspecified atom stereocenters. The molecule has 0 spiro atoms. The van der Waals surface area contributed by atoms with Gasteiger partial charge in [-0.1, -0.05) is 0 Å². The first-order valence-corrected chi connectivity index (χ1v) is 11.0. The summed E-state index contributed by atoms with van der Waals surface area (Å²) in [6.07, 6.45) is 6.20. The Bertz CT molecular complexity index is 1340. The van der Waals surface area contributed by atoms with E-state index in [1.165, 1.54) is 12.4 Å². The normalized spacial score (nSPS) is 13.7. The van der Waals surface area contributed by atoms with E-state index in [0.29, 0.717) is 42.7 Å². The van der Waals surface area contributed by atoms with E-state index in [9.17, 15) is 4.79 Å². The van der Waals surface area contributed by atoms with Crippen LogP contribution in [0.2, 0.25) is 0 Å². The summed E-state index contributed by atoms with van der Waals surface area (Å²) in [6, 6.07) is 3.79. The standard InChI is InChI=1S/C22H24N10O3/c1-30(22-25-11-15(12-26-22)21(33)35-23)13-16-27-17-19(31(16)2)28-18(14-4-3-5-24-10-14)29-20(17)32-6-8-34-9-7-32/h3-5,10-12H,6-9,13,23H2,1-2H3. The first-order chi connectivity index (χ1) is 17.0. The van der Waals surface area contributed by atoms with Crippen molar-refractivity contribution < 1.29 is 14.4 Å². The number of pyridine rings is 1. The van der Waals surface area contributed by atoms with Gasteiger partial charge < -0.3 is 23.9 Å². The number of hydrogen-bond acceptors (Lipinski definition) is 12. The van der Waals surface area contributed by atoms with E-state index in [2.05, 4.69) is 24.7 Å². The Hall–Kier alpha value is -4.23. The van der Waals surface area contributed by atoms with E-state index >= 15 is 0 Å². The lowest BCUT2D eigenvalue weighted by Crippen LogP contribution is -2.37. The quantitative estimate of drug-likeness (QED) is 0.390. The van der Waals surface area contributed by atoms with Gasteiger partial charge >= 0.3 is 5.97 Å². The fourth-order valence-corrected chi connectivity index (χ4v) is 3.83. The molecule has 1 aliphatic heterocycles. The van der Waals surface area contributed by atoms with Crippen LogP contribution < -0.4 is 15.7 Å². The maximum Gasteiger partial charge on any atom is 0.359 e. The monoisotopic (exact) mass is 476 g/mol. The first-order valence-electron chi connectivity index (χ1n) is 11.0. The number of anilines is 2. The minimum Gasteiger partial charge on any atom is -0.378 e. The molecular formula is C22H24N10O3. The Balaban J connectivity index is 1.52. The van der Waals surface area contributed by atoms with Gasteiger partial charge in [-0.05, 0) is 12.1 Å². The third-order valence-corrected chi connectivity index (χ3v) is 5.72. The van der Waals surface area contributed by atoms with Crippen molar-refractivity contribution in [1.29, 1.82) is 0 Å². The highest BCUT2D eigenvalue weighted by Gasteiger charge is 2.23. The van der Waals surface area contributed by atoms with Crippen molar-refractivity contribution in [3.63, 3.8) is 0 Å². The number of carbonyl (C=O) groups is 1. The van der Waals surface area contributed by atoms with Crippen molar-refractivity contribution >= 4 is 28.9 Å². The van der Waals surface area contributed by atoms with Gasteiger partial charge in [0.15, 0.2) is 22.8 Å². The molecule has 0 aromatic carbocycles. The molecule has 0 radical (unpaired) electrons. The lowest BCUT2D eigenvalue weighted by atomic mass is 10.2. The molecule has 35 heavy (non-hydrogen) atoms. The molecule has 0 aliphatic carbocycles. The molecule has 180 valence electrons. The highest BCUT2D eigenvalue weighted by atomic mass is 16.7. The summed E-state index contributed by atoms with van der Waals surface area (Å²) in [6.45, 7) is 3.09. The number of rotatable bonds is 6. The number of aromatic nitrogens is 7. The SMILES string of the molecule is CN(Cc1nc2c(N3CCOCC3)nc(-c3cccnc3)nc2n1C)c1ncc(C(=O)ON)cn1. The summed E-state index contributed by atoms with van der Waals surface area (Å²) >= 11 is 0. The fourth-order valence-electron chi connectivity index (χ4n) is 3.83. The van der Waals surface area contributed by atoms with Gasteiger partial charge in [0, 0.05) is 57.5 Å². The summed E-state index contributed by atoms with van der Waals surface area (Å²) < 4.78 is 7.47. The number of imidazole rings is 1. The number of nitrogens with two attached hydrogens (primary N) is 1. The molecule has 4 aromatic rings. The zero-order valence-electron chi connectivity index (χ0n) is 19.3. The number of morpholine rings is 1. The molecule has 1 fully saturated rings. The number of nitrogens with zero attached hydrogens (tertiary/aromatic N) is 9. The Kier molecular flexibility index (Phi) is 6.16. The molecule has 0 atom stereocenters. The Labute approximate surface area is 200 Å². The van der Waals surface area contributed by atoms with Crippen LogP contribution in [0.3, 0.4) is 0 Å². The number of carbonyl (C=O) groups excluding carboxylic acids is 1. The van der Waals surface area contributed by atoms with Crippen LogP contribution in [0.5, 0.6) is 0 Å². The van der Waals surface area contributed by atoms with Gasteiger partial charge in [-0.15, -0.1) is 0 Å². The van der Waals surface area contributed by atoms with Crippen LogP contribution in [-0.4, -0.2) is 73.8 Å². The molecule has 0 amide bonds. The van der Waals surface area contributed by atoms with E-state index < -0.39 is 5.97 Å². The van der Waals surface area contributed by atoms with E-state index in [0.717, 1.165) is 30.3 Å². The van der Waals surface area contributed by atoms with E-state index in [4.69, 9.17) is 25.6 Å². The summed E-state index contributed by atoms with van der Waals surface area (Å²) in [4.78, 5) is 47.0. The van der Waals surface area contributed by atoms with Gasteiger partial charge in [-0.3, -0.25) is 4.98 Å². The minimum atomic E-state index is -0.701. The zero-order valence-corrected chi connectivity index (χ0v) is 19.3. The predicted octanol–water partition coefficient (Wildman–Crippen LogP) is 0.719. The third-order valence-electron chi connectivity index (χ3n) is 5.72. The topological polar surface area (TPSA) is 150 Å². The smallest absolute Gasteiger partial charge is 0.359 e. The second-order valence-corrected chi connectivity index (χ2v) is 8.00. The van der Waals surface area contributed by atoms with Gasteiger partial charge in [0.25, 0.3) is 0 Å². The van der Waals surface area contributed by atoms with Crippen molar-refractivity contribution in [2.24, 2.45) is 12.9 Å². The van der Waals surface area contributed by atoms with E-state index in [-0.39, 0.29) is 5.56 Å². The van der Waals surface area contributed by atoms with Gasteiger partial charge in [-0.2, -0.15) is 5.90 Å². The molecule has 1 saturated heterocycles. The number of hydrogen-bond donors (Lipinski definition) is 1. The highest BCUT2D eigenvalue weighted by molar-refractivity contribution is 5.88. The molecule has 2 N–H and O–H groups in total. The lowest BCUT2D eigenvalue weighted by Gasteiger charge is -2.28. The molecule has 4 aromatic heterocycles. The first kappa shape index (κ1) is 22.6. The van der Waals surface area contributed by atoms with Gasteiger partial charge in [0.05, 0.1) is 25.3 Å². The van der Waals surface area contributed by atoms with Crippen molar-refractivity contribution in [1.82, 2.24) is 34.5 Å². The minimum absolute atomic E-state index is 0.167. The second kappa shape index (κ2) is 9.56. The molecule has 13 nitrogen and oxygen atoms in total. The van der Waals surface area contributed by atoms with Crippen molar-refractivity contribution in [3.05, 3.63) is 48.3 Å². The van der Waals surface area contributed by atoms with Crippen molar-refractivity contribution in [2.45, 2.75) is 6.54 Å². The molecule has 0 saturated carbocycles. The van der Waals surface area contributed by atoms with Crippen molar-refractivity contribution in [3.8, 4) is 11.4 Å². The van der Waals surface area contributed by atoms with E-state index in [1.807, 2.05) is 35.7 Å². The Morgan fingerprint density at radius 1 is 1.17 bits per heavy atom. The van der Waals surface area contributed by atoms with Crippen LogP contribution in [0.1, 0.15) is 16.2 Å². The number of fused-ring (bicyclic) bond motifs is 1. The second-order valence-electron chi connectivity index (χ2n) is 8.00. The molecule has 5 heterocycles. The number of aryl methyl sites for hydroxylation is 1. The Morgan fingerprint density at radius 3 is 2.63 bits per heavy atom. The molecule has 1 aliphatic rings. The van der Waals surface area contributed by atoms with Crippen LogP contribution in [0.15, 0.2) is 36.9 Å². The van der Waals surface area contributed by atoms with Gasteiger partial charge in [-0.25, -0.2) is 29.7 Å². The maximum absolute atomic E-state index is 11.5. The predicted molar refractivity (Wildman–Crippen MR) is 126 cm³/mol. The van der Waals surface area contributed by atoms with Gasteiger partial charge in [0.1, 0.15) is 5.82 Å². The summed E-state index contributed by atoms with van der Waals surface area (Å²) in [7, 11) is 3.76. The Morgan fingerprint density at radius 2 is 1.94 bits per heavy atom. The highest BCUT2D eigenvalue weighted by Crippen LogP contribution is 2.28. The van der Waals surface area contributed by atoms with Crippen LogP contribution in [-0.2, 0) is 23.2 Å². The van der Waals surface area contributed by atoms with Crippen molar-refractivity contribution in [2.75, 3.05) is 43.2 Å². The van der Waals surface area contributed by atoms with Gasteiger partial charge in [0.2, 0.25) is 5.95 Å². The molecular weight excluding hydrogens is 452 g/mol. The number of ether oxygens (including phenoxy) is 1.